The number of hydrogen-bond donors (Lipinski definition) is 0. The molecule has 0 radical (unpaired) electrons. The fourth-order valence-corrected chi connectivity index (χ4v) is 11.3. The smallest absolute Gasteiger partial charge is 0.0514 e. The molecular weight excluding hydrogens is 1330 g/mol. The SMILES string of the molecule is CC(C)c1ccc(Cl)cc1CN=[N+]=[N-].CC(C)c1ccccc1.CC(C)c1ccccc1Cl.CC(C)c1ccccc1N=[N+]=[N-].CCc1ccccc1C(C)C.Cc1ccc(C(C)C)cc1.Cc1cccc(C(C)C)c1.Cc1cccc(C(C)C)c1.Cc1cccc(C(C)C)c1.Cc1cccc(C(C)C)c1. The summed E-state index contributed by atoms with van der Waals surface area (Å²) in [6, 6.07) is 83.9. The number of hydrogen-bond acceptors (Lipinski definition) is 2. The highest BCUT2D eigenvalue weighted by molar-refractivity contribution is 6.31. The molecule has 10 aromatic carbocycles. The van der Waals surface area contributed by atoms with Crippen LogP contribution in [-0.4, -0.2) is 0 Å². The lowest BCUT2D eigenvalue weighted by molar-refractivity contribution is 0.838. The zero-order valence-electron chi connectivity index (χ0n) is 69.7. The summed E-state index contributed by atoms with van der Waals surface area (Å²) in [6.45, 7) is 56.9. The minimum absolute atomic E-state index is 0.366. The van der Waals surface area contributed by atoms with Crippen LogP contribution in [0.5, 0.6) is 0 Å². The van der Waals surface area contributed by atoms with Crippen molar-refractivity contribution in [2.24, 2.45) is 10.2 Å². The third-order valence-corrected chi connectivity index (χ3v) is 18.0. The average molecular weight is 1470 g/mol. The topological polar surface area (TPSA) is 97.5 Å². The number of nitrogens with zero attached hydrogens (tertiary/aromatic N) is 6. The summed E-state index contributed by atoms with van der Waals surface area (Å²) >= 11 is 11.8. The third kappa shape index (κ3) is 40.8. The van der Waals surface area contributed by atoms with E-state index in [1.165, 1.54) is 83.5 Å². The molecule has 0 amide bonds. The molecule has 0 N–H and O–H groups in total. The van der Waals surface area contributed by atoms with Gasteiger partial charge < -0.3 is 0 Å². The van der Waals surface area contributed by atoms with Crippen LogP contribution >= 0.6 is 23.2 Å². The van der Waals surface area contributed by atoms with Gasteiger partial charge in [-0.2, -0.15) is 0 Å². The second-order valence-corrected chi connectivity index (χ2v) is 30.9. The van der Waals surface area contributed by atoms with Crippen LogP contribution in [0.2, 0.25) is 10.0 Å². The summed E-state index contributed by atoms with van der Waals surface area (Å²) in [7, 11) is 0. The van der Waals surface area contributed by atoms with Gasteiger partial charge >= 0.3 is 0 Å². The zero-order chi connectivity index (χ0) is 79.8. The van der Waals surface area contributed by atoms with Gasteiger partial charge in [-0.3, -0.25) is 0 Å². The van der Waals surface area contributed by atoms with Gasteiger partial charge in [0.25, 0.3) is 0 Å². The van der Waals surface area contributed by atoms with E-state index in [4.69, 9.17) is 34.3 Å². The Morgan fingerprint density at radius 1 is 0.283 bits per heavy atom. The molecule has 0 bridgehead atoms. The van der Waals surface area contributed by atoms with Crippen LogP contribution in [0.4, 0.5) is 5.69 Å². The molecule has 10 rings (SSSR count). The summed E-state index contributed by atoms with van der Waals surface area (Å²) in [5, 5.41) is 8.71. The van der Waals surface area contributed by atoms with E-state index in [1.54, 1.807) is 0 Å². The first-order chi connectivity index (χ1) is 50.2. The average Bonchev–Trinajstić information content (AvgIpc) is 0.532. The predicted octanol–water partition coefficient (Wildman–Crippen LogP) is 33.3. The van der Waals surface area contributed by atoms with Crippen molar-refractivity contribution in [1.29, 1.82) is 0 Å². The summed E-state index contributed by atoms with van der Waals surface area (Å²) in [4.78, 5) is 5.52. The normalized spacial score (nSPS) is 10.2. The summed E-state index contributed by atoms with van der Waals surface area (Å²) in [5.74, 6) is 5.91. The molecule has 0 unspecified atom stereocenters. The molecule has 0 atom stereocenters. The van der Waals surface area contributed by atoms with Crippen molar-refractivity contribution in [2.45, 2.75) is 252 Å². The van der Waals surface area contributed by atoms with Crippen LogP contribution in [0, 0.1) is 34.6 Å². The maximum atomic E-state index is 8.28. The van der Waals surface area contributed by atoms with E-state index < -0.39 is 0 Å². The van der Waals surface area contributed by atoms with E-state index in [1.807, 2.05) is 66.7 Å². The monoisotopic (exact) mass is 1460 g/mol. The van der Waals surface area contributed by atoms with Crippen LogP contribution in [0.15, 0.2) is 253 Å². The van der Waals surface area contributed by atoms with Crippen molar-refractivity contribution in [1.82, 2.24) is 0 Å². The number of benzene rings is 10. The second-order valence-electron chi connectivity index (χ2n) is 30.1. The van der Waals surface area contributed by atoms with Gasteiger partial charge in [0.2, 0.25) is 0 Å². The summed E-state index contributed by atoms with van der Waals surface area (Å²) in [6.07, 6.45) is 1.15. The van der Waals surface area contributed by atoms with E-state index in [-0.39, 0.29) is 0 Å². The molecule has 0 spiro atoms. The van der Waals surface area contributed by atoms with Gasteiger partial charge in [0.05, 0.1) is 6.54 Å². The van der Waals surface area contributed by atoms with Crippen molar-refractivity contribution >= 4 is 28.9 Å². The van der Waals surface area contributed by atoms with Crippen LogP contribution in [0.25, 0.3) is 20.9 Å². The third-order valence-electron chi connectivity index (χ3n) is 17.4. The van der Waals surface area contributed by atoms with Crippen LogP contribution < -0.4 is 0 Å². The summed E-state index contributed by atoms with van der Waals surface area (Å²) in [5.41, 5.74) is 40.1. The molecule has 10 aromatic rings. The zero-order valence-corrected chi connectivity index (χ0v) is 71.2. The maximum absolute atomic E-state index is 8.28. The molecule has 6 nitrogen and oxygen atoms in total. The quantitative estimate of drug-likeness (QED) is 0.0589. The number of halogens is 2. The molecule has 0 heterocycles. The van der Waals surface area contributed by atoms with Gasteiger partial charge in [-0.05, 0) is 196 Å². The Balaban J connectivity index is 0.000000590. The van der Waals surface area contributed by atoms with E-state index in [0.717, 1.165) is 28.3 Å². The minimum atomic E-state index is 0.366. The van der Waals surface area contributed by atoms with E-state index in [0.29, 0.717) is 70.7 Å². The van der Waals surface area contributed by atoms with Gasteiger partial charge in [0.1, 0.15) is 0 Å². The molecule has 0 aliphatic rings. The Hall–Kier alpha value is -8.60. The number of azide groups is 2. The van der Waals surface area contributed by atoms with Gasteiger partial charge in [-0.1, -0.05) is 431 Å². The highest BCUT2D eigenvalue weighted by atomic mass is 35.5. The molecule has 568 valence electrons. The van der Waals surface area contributed by atoms with Crippen molar-refractivity contribution in [3.8, 4) is 0 Å². The Labute approximate surface area is 655 Å². The Bertz CT molecular complexity index is 3890. The highest BCUT2D eigenvalue weighted by Gasteiger charge is 2.08. The lowest BCUT2D eigenvalue weighted by Crippen LogP contribution is -1.94. The molecule has 0 fully saturated rings. The number of aryl methyl sites for hydroxylation is 6. The van der Waals surface area contributed by atoms with Gasteiger partial charge in [0, 0.05) is 25.6 Å². The van der Waals surface area contributed by atoms with Crippen LogP contribution in [0.3, 0.4) is 0 Å². The van der Waals surface area contributed by atoms with Crippen molar-refractivity contribution in [2.75, 3.05) is 0 Å². The Kier molecular flexibility index (Phi) is 48.7. The lowest BCUT2D eigenvalue weighted by Gasteiger charge is -2.10. The molecule has 8 heteroatoms. The van der Waals surface area contributed by atoms with Crippen molar-refractivity contribution < 1.29 is 0 Å². The highest BCUT2D eigenvalue weighted by Crippen LogP contribution is 2.28. The van der Waals surface area contributed by atoms with E-state index >= 15 is 0 Å². The molecule has 0 aromatic heterocycles. The first-order valence-corrected chi connectivity index (χ1v) is 39.1. The molecule has 0 aliphatic heterocycles. The standard InChI is InChI=1S/C11H16.C10H12ClN3.5C10H14.C9H11Cl.C9H11N3.C9H12/c1-4-10-7-5-6-8-11(10)9(2)3;1-7(2)10-4-3-9(11)5-8(10)6-13-14-12;1-8(2)10-6-4-9(3)5-7-10;4*1-8(2)10-6-4-5-9(3)7-10;1-7(2)8-5-3-4-6-9(8)10;1-7(2)8-5-3-4-6-9(8)11-12-10;1-8(2)9-6-4-3-5-7-9/h5-9H,4H2,1-3H3;3-5,7H,6H2,1-2H3;5*4-8H,1-3H3;3-7H,1-2H3;3-7H,1-2H3;3-8H,1-2H3. The van der Waals surface area contributed by atoms with Crippen molar-refractivity contribution in [3.05, 3.63) is 368 Å². The molecule has 0 saturated heterocycles. The largest absolute Gasteiger partial charge is 0.0893 e. The Morgan fingerprint density at radius 3 is 0.925 bits per heavy atom. The Morgan fingerprint density at radius 2 is 0.613 bits per heavy atom. The fraction of sp³-hybridized carbons (Fsp3) is 0.388. The molecule has 106 heavy (non-hydrogen) atoms. The van der Waals surface area contributed by atoms with Crippen LogP contribution in [0.1, 0.15) is 299 Å². The molecule has 0 saturated carbocycles. The minimum Gasteiger partial charge on any atom is -0.0893 e. The van der Waals surface area contributed by atoms with Gasteiger partial charge in [-0.25, -0.2) is 0 Å². The number of rotatable bonds is 14. The van der Waals surface area contributed by atoms with Crippen molar-refractivity contribution in [3.63, 3.8) is 0 Å². The predicted molar refractivity (Wildman–Crippen MR) is 470 cm³/mol. The van der Waals surface area contributed by atoms with Gasteiger partial charge in [0.15, 0.2) is 0 Å². The lowest BCUT2D eigenvalue weighted by atomic mass is 9.96. The molecular formula is C98H132Cl2N6. The summed E-state index contributed by atoms with van der Waals surface area (Å²) < 4.78 is 0. The first-order valence-electron chi connectivity index (χ1n) is 38.3. The van der Waals surface area contributed by atoms with E-state index in [9.17, 15) is 0 Å². The van der Waals surface area contributed by atoms with Gasteiger partial charge in [-0.15, -0.1) is 0 Å². The van der Waals surface area contributed by atoms with Crippen LogP contribution in [-0.2, 0) is 13.0 Å². The fourth-order valence-electron chi connectivity index (χ4n) is 10.8. The maximum Gasteiger partial charge on any atom is 0.0514 e. The second kappa shape index (κ2) is 54.1. The van der Waals surface area contributed by atoms with E-state index in [2.05, 4.69) is 376 Å². The first kappa shape index (κ1) is 95.4. The molecule has 0 aliphatic carbocycles.